The Bertz CT molecular complexity index is 1180. The second-order valence-electron chi connectivity index (χ2n) is 7.64. The maximum absolute atomic E-state index is 13.3. The lowest BCUT2D eigenvalue weighted by Crippen LogP contribution is -2.45. The third kappa shape index (κ3) is 6.22. The Kier molecular flexibility index (Phi) is 8.05. The zero-order chi connectivity index (χ0) is 24.6. The fourth-order valence-corrected chi connectivity index (χ4v) is 4.67. The second kappa shape index (κ2) is 11.6. The van der Waals surface area contributed by atoms with Crippen LogP contribution >= 0.6 is 11.8 Å². The summed E-state index contributed by atoms with van der Waals surface area (Å²) in [4.78, 5) is 32.6. The van der Waals surface area contributed by atoms with Crippen molar-refractivity contribution in [1.82, 2.24) is 0 Å². The van der Waals surface area contributed by atoms with Crippen molar-refractivity contribution in [3.8, 4) is 11.5 Å². The molecule has 1 aliphatic heterocycles. The van der Waals surface area contributed by atoms with Gasteiger partial charge in [0, 0.05) is 12.1 Å². The number of aliphatic imine (C=N–C) groups is 1. The lowest BCUT2D eigenvalue weighted by Gasteiger charge is -2.31. The van der Waals surface area contributed by atoms with Crippen LogP contribution in [0, 0.1) is 0 Å². The summed E-state index contributed by atoms with van der Waals surface area (Å²) in [6.45, 7) is 4.97. The van der Waals surface area contributed by atoms with E-state index in [1.54, 1.807) is 4.90 Å². The first-order chi connectivity index (χ1) is 17.1. The minimum Gasteiger partial charge on any atom is -0.494 e. The van der Waals surface area contributed by atoms with E-state index in [4.69, 9.17) is 14.5 Å². The molecule has 1 heterocycles. The van der Waals surface area contributed by atoms with Crippen molar-refractivity contribution in [1.29, 1.82) is 0 Å². The van der Waals surface area contributed by atoms with Crippen molar-refractivity contribution in [3.05, 3.63) is 78.9 Å². The first-order valence-electron chi connectivity index (χ1n) is 11.5. The Hall–Kier alpha value is -3.78. The highest BCUT2D eigenvalue weighted by Crippen LogP contribution is 2.34. The Labute approximate surface area is 209 Å². The molecule has 35 heavy (non-hydrogen) atoms. The number of para-hydroxylation sites is 1. The van der Waals surface area contributed by atoms with Gasteiger partial charge in [-0.15, -0.1) is 0 Å². The van der Waals surface area contributed by atoms with E-state index >= 15 is 0 Å². The lowest BCUT2D eigenvalue weighted by molar-refractivity contribution is -0.121. The van der Waals surface area contributed by atoms with Gasteiger partial charge >= 0.3 is 0 Å². The van der Waals surface area contributed by atoms with Gasteiger partial charge in [0.05, 0.1) is 24.6 Å². The molecule has 3 aromatic rings. The molecule has 1 N–H and O–H groups in total. The smallest absolute Gasteiger partial charge is 0.238 e. The van der Waals surface area contributed by atoms with Crippen molar-refractivity contribution < 1.29 is 19.1 Å². The molecule has 2 amide bonds. The molecule has 0 bridgehead atoms. The largest absolute Gasteiger partial charge is 0.494 e. The Morgan fingerprint density at radius 3 is 2.14 bits per heavy atom. The highest BCUT2D eigenvalue weighted by molar-refractivity contribution is 8.15. The van der Waals surface area contributed by atoms with Gasteiger partial charge < -0.3 is 14.8 Å². The Morgan fingerprint density at radius 1 is 0.943 bits per heavy atom. The van der Waals surface area contributed by atoms with Crippen LogP contribution in [0.4, 0.5) is 17.1 Å². The van der Waals surface area contributed by atoms with Gasteiger partial charge in [0.1, 0.15) is 16.7 Å². The maximum atomic E-state index is 13.3. The monoisotopic (exact) mass is 489 g/mol. The number of hydrogen-bond acceptors (Lipinski definition) is 6. The van der Waals surface area contributed by atoms with Crippen LogP contribution in [0.3, 0.4) is 0 Å². The number of hydrogen-bond donors (Lipinski definition) is 1. The van der Waals surface area contributed by atoms with Gasteiger partial charge in [-0.05, 0) is 74.5 Å². The molecule has 4 rings (SSSR count). The van der Waals surface area contributed by atoms with E-state index in [2.05, 4.69) is 5.32 Å². The van der Waals surface area contributed by atoms with Crippen LogP contribution < -0.4 is 19.7 Å². The molecule has 0 aromatic heterocycles. The summed E-state index contributed by atoms with van der Waals surface area (Å²) in [6.07, 6.45) is 0.0544. The zero-order valence-electron chi connectivity index (χ0n) is 19.6. The number of carbonyl (C=O) groups excluding carboxylic acids is 2. The number of anilines is 2. The summed E-state index contributed by atoms with van der Waals surface area (Å²) in [6, 6.07) is 23.8. The van der Waals surface area contributed by atoms with Crippen molar-refractivity contribution >= 4 is 45.8 Å². The standard InChI is InChI=1S/C27H27N3O4S/c1-3-33-22-14-10-20(11-15-22)29-27-30(21-12-16-23(17-13-21)34-4-2)25(31)18-24(35-27)26(32)28-19-8-6-5-7-9-19/h5-17,24H,3-4,18H2,1-2H3,(H,28,32). The van der Waals surface area contributed by atoms with E-state index in [1.165, 1.54) is 11.8 Å². The molecule has 0 saturated carbocycles. The lowest BCUT2D eigenvalue weighted by atomic mass is 10.2. The van der Waals surface area contributed by atoms with Crippen LogP contribution in [-0.2, 0) is 9.59 Å². The van der Waals surface area contributed by atoms with Crippen LogP contribution in [0.25, 0.3) is 0 Å². The van der Waals surface area contributed by atoms with E-state index in [0.717, 1.165) is 11.5 Å². The average Bonchev–Trinajstić information content (AvgIpc) is 2.87. The van der Waals surface area contributed by atoms with Gasteiger partial charge in [-0.1, -0.05) is 30.0 Å². The van der Waals surface area contributed by atoms with Gasteiger partial charge in [-0.25, -0.2) is 4.99 Å². The number of carbonyl (C=O) groups is 2. The number of amidine groups is 1. The highest BCUT2D eigenvalue weighted by Gasteiger charge is 2.37. The molecule has 0 radical (unpaired) electrons. The number of benzene rings is 3. The van der Waals surface area contributed by atoms with Crippen LogP contribution in [0.15, 0.2) is 83.9 Å². The van der Waals surface area contributed by atoms with E-state index in [1.807, 2.05) is 92.7 Å². The SMILES string of the molecule is CCOc1ccc(N=C2SC(C(=O)Nc3ccccc3)CC(=O)N2c2ccc(OCC)cc2)cc1. The van der Waals surface area contributed by atoms with E-state index < -0.39 is 5.25 Å². The molecule has 1 unspecified atom stereocenters. The maximum Gasteiger partial charge on any atom is 0.238 e. The number of rotatable bonds is 8. The van der Waals surface area contributed by atoms with Crippen molar-refractivity contribution in [3.63, 3.8) is 0 Å². The third-order valence-electron chi connectivity index (χ3n) is 5.16. The van der Waals surface area contributed by atoms with E-state index in [9.17, 15) is 9.59 Å². The molecule has 0 aliphatic carbocycles. The predicted octanol–water partition coefficient (Wildman–Crippen LogP) is 5.65. The normalized spacial score (nSPS) is 16.7. The first kappa shape index (κ1) is 24.3. The molecule has 1 fully saturated rings. The molecule has 3 aromatic carbocycles. The molecular weight excluding hydrogens is 462 g/mol. The number of ether oxygens (including phenoxy) is 2. The van der Waals surface area contributed by atoms with Crippen molar-refractivity contribution in [2.24, 2.45) is 4.99 Å². The summed E-state index contributed by atoms with van der Waals surface area (Å²) < 4.78 is 11.0. The second-order valence-corrected chi connectivity index (χ2v) is 8.81. The average molecular weight is 490 g/mol. The van der Waals surface area contributed by atoms with Gasteiger partial charge in [0.15, 0.2) is 5.17 Å². The molecule has 1 saturated heterocycles. The Morgan fingerprint density at radius 2 is 1.54 bits per heavy atom. The van der Waals surface area contributed by atoms with Crippen LogP contribution in [0.5, 0.6) is 11.5 Å². The molecule has 8 heteroatoms. The van der Waals surface area contributed by atoms with Crippen molar-refractivity contribution in [2.75, 3.05) is 23.4 Å². The minimum absolute atomic E-state index is 0.0544. The van der Waals surface area contributed by atoms with Gasteiger partial charge in [0.2, 0.25) is 11.8 Å². The topological polar surface area (TPSA) is 80.2 Å². The number of nitrogens with one attached hydrogen (secondary N) is 1. The summed E-state index contributed by atoms with van der Waals surface area (Å²) >= 11 is 1.27. The minimum atomic E-state index is -0.608. The number of nitrogens with zero attached hydrogens (tertiary/aromatic N) is 2. The molecule has 7 nitrogen and oxygen atoms in total. The van der Waals surface area contributed by atoms with Gasteiger partial charge in [-0.2, -0.15) is 0 Å². The highest BCUT2D eigenvalue weighted by atomic mass is 32.2. The molecular formula is C27H27N3O4S. The van der Waals surface area contributed by atoms with Gasteiger partial charge in [0.25, 0.3) is 0 Å². The van der Waals surface area contributed by atoms with E-state index in [-0.39, 0.29) is 18.2 Å². The molecule has 1 atom stereocenters. The summed E-state index contributed by atoms with van der Waals surface area (Å²) in [5, 5.41) is 2.72. The van der Waals surface area contributed by atoms with Crippen molar-refractivity contribution in [2.45, 2.75) is 25.5 Å². The Balaban J connectivity index is 1.63. The zero-order valence-corrected chi connectivity index (χ0v) is 20.5. The van der Waals surface area contributed by atoms with E-state index in [0.29, 0.717) is 35.4 Å². The fourth-order valence-electron chi connectivity index (χ4n) is 3.55. The van der Waals surface area contributed by atoms with Crippen LogP contribution in [0.1, 0.15) is 20.3 Å². The number of amides is 2. The fraction of sp³-hybridized carbons (Fsp3) is 0.222. The van der Waals surface area contributed by atoms with Gasteiger partial charge in [-0.3, -0.25) is 14.5 Å². The third-order valence-corrected chi connectivity index (χ3v) is 6.31. The van der Waals surface area contributed by atoms with Crippen LogP contribution in [0.2, 0.25) is 0 Å². The number of thioether (sulfide) groups is 1. The first-order valence-corrected chi connectivity index (χ1v) is 12.3. The van der Waals surface area contributed by atoms with Crippen LogP contribution in [-0.4, -0.2) is 35.4 Å². The quantitative estimate of drug-likeness (QED) is 0.442. The summed E-state index contributed by atoms with van der Waals surface area (Å²) in [7, 11) is 0. The molecule has 180 valence electrons. The molecule has 1 aliphatic rings. The predicted molar refractivity (Wildman–Crippen MR) is 141 cm³/mol. The summed E-state index contributed by atoms with van der Waals surface area (Å²) in [5.41, 5.74) is 2.01. The summed E-state index contributed by atoms with van der Waals surface area (Å²) in [5.74, 6) is 1.02. The molecule has 0 spiro atoms.